The second kappa shape index (κ2) is 10.6. The summed E-state index contributed by atoms with van der Waals surface area (Å²) in [5.41, 5.74) is 3.22. The lowest BCUT2D eigenvalue weighted by Crippen LogP contribution is -2.14. The van der Waals surface area contributed by atoms with Gasteiger partial charge in [-0.25, -0.2) is 15.0 Å². The fourth-order valence-electron chi connectivity index (χ4n) is 3.52. The van der Waals surface area contributed by atoms with Crippen LogP contribution in [0.4, 0.5) is 13.9 Å². The molecule has 0 unspecified atom stereocenters. The highest BCUT2D eigenvalue weighted by atomic mass is 35.5. The van der Waals surface area contributed by atoms with Gasteiger partial charge >= 0.3 is 6.61 Å². The number of carbonyl (C=O) groups excluding carboxylic acids is 1. The first-order valence-corrected chi connectivity index (χ1v) is 12.0. The summed E-state index contributed by atoms with van der Waals surface area (Å²) >= 11 is 7.22. The molecule has 0 radical (unpaired) electrons. The van der Waals surface area contributed by atoms with Gasteiger partial charge in [0.1, 0.15) is 22.3 Å². The molecule has 0 aliphatic rings. The van der Waals surface area contributed by atoms with Gasteiger partial charge in [-0.2, -0.15) is 13.8 Å². The van der Waals surface area contributed by atoms with Crippen molar-refractivity contribution in [2.75, 3.05) is 12.4 Å². The van der Waals surface area contributed by atoms with Gasteiger partial charge in [0.15, 0.2) is 15.6 Å². The fourth-order valence-corrected chi connectivity index (χ4v) is 4.47. The predicted molar refractivity (Wildman–Crippen MR) is 137 cm³/mol. The molecule has 0 saturated carbocycles. The summed E-state index contributed by atoms with van der Waals surface area (Å²) in [7, 11) is 1.50. The zero-order valence-corrected chi connectivity index (χ0v) is 21.2. The average molecular weight is 556 g/mol. The van der Waals surface area contributed by atoms with E-state index in [-0.39, 0.29) is 21.6 Å². The molecular formula is C24H16ClF2N7O3S. The van der Waals surface area contributed by atoms with Crippen molar-refractivity contribution < 1.29 is 23.0 Å². The van der Waals surface area contributed by atoms with Crippen molar-refractivity contribution in [3.8, 4) is 34.0 Å². The van der Waals surface area contributed by atoms with Gasteiger partial charge in [-0.3, -0.25) is 20.1 Å². The molecular weight excluding hydrogens is 540 g/mol. The number of alkyl halides is 2. The first kappa shape index (κ1) is 25.3. The Morgan fingerprint density at radius 3 is 2.58 bits per heavy atom. The molecule has 0 spiro atoms. The SMILES string of the molecule is COc1cnc(Cl)cc1-c1cc(C)ncc1C(=O)Nc1nc2ncc(-c3ccc(OC(F)F)cn3)nc2s1. The van der Waals surface area contributed by atoms with Crippen molar-refractivity contribution in [1.29, 1.82) is 0 Å². The number of nitrogens with zero attached hydrogens (tertiary/aromatic N) is 6. The number of carbonyl (C=O) groups is 1. The van der Waals surface area contributed by atoms with Gasteiger partial charge < -0.3 is 9.47 Å². The number of anilines is 1. The highest BCUT2D eigenvalue weighted by Gasteiger charge is 2.20. The van der Waals surface area contributed by atoms with Crippen molar-refractivity contribution in [3.63, 3.8) is 0 Å². The molecule has 5 heterocycles. The third kappa shape index (κ3) is 5.33. The van der Waals surface area contributed by atoms with Gasteiger partial charge in [0.2, 0.25) is 0 Å². The van der Waals surface area contributed by atoms with E-state index in [1.54, 1.807) is 19.1 Å². The first-order valence-electron chi connectivity index (χ1n) is 10.8. The van der Waals surface area contributed by atoms with Crippen LogP contribution in [-0.4, -0.2) is 49.5 Å². The Bertz CT molecular complexity index is 1650. The molecule has 10 nitrogen and oxygen atoms in total. The van der Waals surface area contributed by atoms with Gasteiger partial charge in [-0.1, -0.05) is 22.9 Å². The number of pyridine rings is 3. The molecule has 192 valence electrons. The van der Waals surface area contributed by atoms with E-state index in [4.69, 9.17) is 16.3 Å². The van der Waals surface area contributed by atoms with Crippen LogP contribution in [0.2, 0.25) is 5.15 Å². The van der Waals surface area contributed by atoms with Crippen LogP contribution < -0.4 is 14.8 Å². The molecule has 1 amide bonds. The van der Waals surface area contributed by atoms with E-state index in [0.29, 0.717) is 44.4 Å². The molecule has 0 aliphatic carbocycles. The van der Waals surface area contributed by atoms with Crippen molar-refractivity contribution in [1.82, 2.24) is 29.9 Å². The Kier molecular flexibility index (Phi) is 7.03. The van der Waals surface area contributed by atoms with Gasteiger partial charge in [0, 0.05) is 23.0 Å². The first-order chi connectivity index (χ1) is 18.3. The van der Waals surface area contributed by atoms with Gasteiger partial charge in [-0.05, 0) is 31.2 Å². The van der Waals surface area contributed by atoms with E-state index >= 15 is 0 Å². The molecule has 1 N–H and O–H groups in total. The molecule has 0 saturated heterocycles. The largest absolute Gasteiger partial charge is 0.494 e. The summed E-state index contributed by atoms with van der Waals surface area (Å²) in [6, 6.07) is 6.21. The molecule has 5 aromatic rings. The number of halogens is 3. The van der Waals surface area contributed by atoms with E-state index in [9.17, 15) is 13.6 Å². The minimum Gasteiger partial charge on any atom is -0.494 e. The second-order valence-corrected chi connectivity index (χ2v) is 9.06. The summed E-state index contributed by atoms with van der Waals surface area (Å²) in [5.74, 6) is -0.0902. The van der Waals surface area contributed by atoms with Crippen molar-refractivity contribution in [2.45, 2.75) is 13.5 Å². The summed E-state index contributed by atoms with van der Waals surface area (Å²) in [6.07, 6.45) is 5.56. The number of nitrogens with one attached hydrogen (secondary N) is 1. The number of aromatic nitrogens is 6. The lowest BCUT2D eigenvalue weighted by molar-refractivity contribution is -0.0500. The number of ether oxygens (including phenoxy) is 2. The summed E-state index contributed by atoms with van der Waals surface area (Å²) < 4.78 is 34.5. The van der Waals surface area contributed by atoms with Gasteiger partial charge in [-0.15, -0.1) is 0 Å². The normalized spacial score (nSPS) is 11.1. The summed E-state index contributed by atoms with van der Waals surface area (Å²) in [6.45, 7) is -1.14. The van der Waals surface area contributed by atoms with Crippen molar-refractivity contribution in [2.24, 2.45) is 0 Å². The monoisotopic (exact) mass is 555 g/mol. The zero-order chi connectivity index (χ0) is 26.8. The second-order valence-electron chi connectivity index (χ2n) is 7.69. The Hall–Kier alpha value is -4.36. The quantitative estimate of drug-likeness (QED) is 0.262. The number of fused-ring (bicyclic) bond motifs is 1. The van der Waals surface area contributed by atoms with Crippen LogP contribution >= 0.6 is 22.9 Å². The van der Waals surface area contributed by atoms with Crippen LogP contribution in [0.25, 0.3) is 33.0 Å². The molecule has 5 rings (SSSR count). The topological polar surface area (TPSA) is 125 Å². The lowest BCUT2D eigenvalue weighted by atomic mass is 10.0. The predicted octanol–water partition coefficient (Wildman–Crippen LogP) is 5.43. The molecule has 14 heteroatoms. The fraction of sp³-hybridized carbons (Fsp3) is 0.125. The molecule has 0 atom stereocenters. The van der Waals surface area contributed by atoms with E-state index in [1.165, 1.54) is 44.0 Å². The number of thiazole rings is 1. The van der Waals surface area contributed by atoms with Crippen molar-refractivity contribution in [3.05, 3.63) is 65.5 Å². The van der Waals surface area contributed by atoms with Crippen LogP contribution in [0, 0.1) is 6.92 Å². The maximum atomic E-state index is 13.3. The molecule has 38 heavy (non-hydrogen) atoms. The van der Waals surface area contributed by atoms with Gasteiger partial charge in [0.25, 0.3) is 5.91 Å². The number of rotatable bonds is 7. The third-order valence-electron chi connectivity index (χ3n) is 5.20. The maximum absolute atomic E-state index is 13.3. The maximum Gasteiger partial charge on any atom is 0.387 e. The lowest BCUT2D eigenvalue weighted by Gasteiger charge is -2.13. The van der Waals surface area contributed by atoms with E-state index in [2.05, 4.69) is 40.0 Å². The smallest absolute Gasteiger partial charge is 0.387 e. The molecule has 5 aromatic heterocycles. The molecule has 0 aliphatic heterocycles. The molecule has 0 aromatic carbocycles. The highest BCUT2D eigenvalue weighted by molar-refractivity contribution is 7.21. The minimum atomic E-state index is -2.94. The summed E-state index contributed by atoms with van der Waals surface area (Å²) in [5, 5.41) is 3.28. The third-order valence-corrected chi connectivity index (χ3v) is 6.26. The number of hydrogen-bond acceptors (Lipinski definition) is 10. The van der Waals surface area contributed by atoms with Gasteiger partial charge in [0.05, 0.1) is 37.0 Å². The highest BCUT2D eigenvalue weighted by Crippen LogP contribution is 2.34. The van der Waals surface area contributed by atoms with Crippen molar-refractivity contribution >= 4 is 44.5 Å². The van der Waals surface area contributed by atoms with Crippen LogP contribution in [0.5, 0.6) is 11.5 Å². The summed E-state index contributed by atoms with van der Waals surface area (Å²) in [4.78, 5) is 39.2. The number of hydrogen-bond donors (Lipinski definition) is 1. The molecule has 0 fully saturated rings. The standard InChI is InChI=1S/C24H16ClF2N7O3S/c1-11-5-13(14-6-19(25)30-10-18(14)36-2)15(8-28-11)21(35)34-24-33-20-22(38-24)32-17(9-31-20)16-4-3-12(7-29-16)37-23(26)27/h3-10,23H,1-2H3,(H,31,33,34,35). The minimum absolute atomic E-state index is 0.0720. The van der Waals surface area contributed by atoms with E-state index < -0.39 is 12.5 Å². The zero-order valence-electron chi connectivity index (χ0n) is 19.6. The number of amides is 1. The van der Waals surface area contributed by atoms with Crippen LogP contribution in [-0.2, 0) is 0 Å². The Balaban J connectivity index is 1.43. The average Bonchev–Trinajstić information content (AvgIpc) is 3.30. The van der Waals surface area contributed by atoms with E-state index in [1.807, 2.05) is 0 Å². The van der Waals surface area contributed by atoms with Crippen LogP contribution in [0.15, 0.2) is 49.1 Å². The number of methoxy groups -OCH3 is 1. The Morgan fingerprint density at radius 2 is 1.84 bits per heavy atom. The molecule has 0 bridgehead atoms. The van der Waals surface area contributed by atoms with Crippen LogP contribution in [0.3, 0.4) is 0 Å². The Labute approximate surface area is 222 Å². The Morgan fingerprint density at radius 1 is 1.00 bits per heavy atom. The van der Waals surface area contributed by atoms with E-state index in [0.717, 1.165) is 11.3 Å². The number of aryl methyl sites for hydroxylation is 1. The van der Waals surface area contributed by atoms with Crippen LogP contribution in [0.1, 0.15) is 16.1 Å².